The molecule has 0 radical (unpaired) electrons. The summed E-state index contributed by atoms with van der Waals surface area (Å²) < 4.78 is 9.67. The standard InChI is InChI=1S/C11H14ClNO3/c1-7-4-10(15-2)8(5-9(7)12)6-13-11(14)16-3/h4-5H,6H2,1-3H3,(H,13,14). The van der Waals surface area contributed by atoms with Crippen LogP contribution < -0.4 is 10.1 Å². The number of ether oxygens (including phenoxy) is 2. The lowest BCUT2D eigenvalue weighted by molar-refractivity contribution is 0.170. The summed E-state index contributed by atoms with van der Waals surface area (Å²) in [5.74, 6) is 0.693. The molecule has 0 spiro atoms. The number of amides is 1. The molecule has 0 aliphatic heterocycles. The quantitative estimate of drug-likeness (QED) is 0.887. The zero-order valence-electron chi connectivity index (χ0n) is 9.46. The predicted octanol–water partition coefficient (Wildman–Crippen LogP) is 2.51. The van der Waals surface area contributed by atoms with E-state index in [2.05, 4.69) is 10.1 Å². The maximum absolute atomic E-state index is 10.9. The summed E-state index contributed by atoms with van der Waals surface area (Å²) in [6, 6.07) is 3.60. The second-order valence-electron chi connectivity index (χ2n) is 3.26. The van der Waals surface area contributed by atoms with E-state index in [0.717, 1.165) is 11.1 Å². The van der Waals surface area contributed by atoms with Crippen LogP contribution >= 0.6 is 11.6 Å². The van der Waals surface area contributed by atoms with Gasteiger partial charge in [0.2, 0.25) is 0 Å². The molecule has 0 aromatic heterocycles. The molecule has 5 heteroatoms. The molecule has 0 fully saturated rings. The number of hydrogen-bond acceptors (Lipinski definition) is 3. The van der Waals surface area contributed by atoms with Gasteiger partial charge in [0.05, 0.1) is 14.2 Å². The summed E-state index contributed by atoms with van der Waals surface area (Å²) in [5, 5.41) is 3.21. The third-order valence-corrected chi connectivity index (χ3v) is 2.58. The van der Waals surface area contributed by atoms with Gasteiger partial charge in [0.25, 0.3) is 0 Å². The van der Waals surface area contributed by atoms with Crippen LogP contribution in [-0.2, 0) is 11.3 Å². The summed E-state index contributed by atoms with van der Waals surface area (Å²) in [5.41, 5.74) is 1.74. The molecule has 1 aromatic carbocycles. The van der Waals surface area contributed by atoms with Crippen LogP contribution in [0, 0.1) is 6.92 Å². The second-order valence-corrected chi connectivity index (χ2v) is 3.67. The zero-order valence-corrected chi connectivity index (χ0v) is 10.2. The number of halogens is 1. The third-order valence-electron chi connectivity index (χ3n) is 2.17. The van der Waals surface area contributed by atoms with E-state index in [1.165, 1.54) is 7.11 Å². The smallest absolute Gasteiger partial charge is 0.407 e. The highest BCUT2D eigenvalue weighted by Gasteiger charge is 2.08. The van der Waals surface area contributed by atoms with E-state index in [0.29, 0.717) is 17.3 Å². The second kappa shape index (κ2) is 5.61. The number of hydrogen-bond donors (Lipinski definition) is 1. The molecule has 0 bridgehead atoms. The minimum absolute atomic E-state index is 0.315. The molecule has 0 aliphatic carbocycles. The Balaban J connectivity index is 2.86. The Bertz CT molecular complexity index is 393. The fraction of sp³-hybridized carbons (Fsp3) is 0.364. The lowest BCUT2D eigenvalue weighted by Gasteiger charge is -2.11. The van der Waals surface area contributed by atoms with Crippen molar-refractivity contribution in [2.45, 2.75) is 13.5 Å². The van der Waals surface area contributed by atoms with E-state index < -0.39 is 6.09 Å². The molecular formula is C11H14ClNO3. The van der Waals surface area contributed by atoms with E-state index >= 15 is 0 Å². The number of aryl methyl sites for hydroxylation is 1. The Labute approximate surface area is 99.5 Å². The topological polar surface area (TPSA) is 47.6 Å². The van der Waals surface area contributed by atoms with Gasteiger partial charge in [0.15, 0.2) is 0 Å². The maximum atomic E-state index is 10.9. The summed E-state index contributed by atoms with van der Waals surface area (Å²) in [6.45, 7) is 2.21. The van der Waals surface area contributed by atoms with Gasteiger partial charge in [-0.2, -0.15) is 0 Å². The van der Waals surface area contributed by atoms with Crippen molar-refractivity contribution < 1.29 is 14.3 Å². The first-order valence-electron chi connectivity index (χ1n) is 4.73. The molecule has 0 heterocycles. The fourth-order valence-corrected chi connectivity index (χ4v) is 1.45. The minimum Gasteiger partial charge on any atom is -0.496 e. The van der Waals surface area contributed by atoms with Crippen LogP contribution in [0.4, 0.5) is 4.79 Å². The molecule has 16 heavy (non-hydrogen) atoms. The van der Waals surface area contributed by atoms with Crippen molar-refractivity contribution in [2.75, 3.05) is 14.2 Å². The monoisotopic (exact) mass is 243 g/mol. The number of carbonyl (C=O) groups is 1. The Morgan fingerprint density at radius 3 is 2.69 bits per heavy atom. The van der Waals surface area contributed by atoms with Crippen molar-refractivity contribution in [3.8, 4) is 5.75 Å². The molecule has 1 amide bonds. The minimum atomic E-state index is -0.487. The van der Waals surface area contributed by atoms with Crippen LogP contribution in [0.5, 0.6) is 5.75 Å². The van der Waals surface area contributed by atoms with Crippen LogP contribution in [-0.4, -0.2) is 20.3 Å². The van der Waals surface area contributed by atoms with Crippen LogP contribution in [0.3, 0.4) is 0 Å². The van der Waals surface area contributed by atoms with E-state index in [4.69, 9.17) is 16.3 Å². The normalized spacial score (nSPS) is 9.75. The highest BCUT2D eigenvalue weighted by molar-refractivity contribution is 6.31. The first-order chi connectivity index (χ1) is 7.58. The Morgan fingerprint density at radius 1 is 1.44 bits per heavy atom. The molecule has 0 atom stereocenters. The number of nitrogens with one attached hydrogen (secondary N) is 1. The van der Waals surface area contributed by atoms with Crippen molar-refractivity contribution in [1.29, 1.82) is 0 Å². The number of methoxy groups -OCH3 is 2. The van der Waals surface area contributed by atoms with Gasteiger partial charge in [-0.05, 0) is 24.6 Å². The van der Waals surface area contributed by atoms with Crippen LogP contribution in [0.15, 0.2) is 12.1 Å². The molecule has 0 saturated carbocycles. The first-order valence-corrected chi connectivity index (χ1v) is 5.11. The lowest BCUT2D eigenvalue weighted by atomic mass is 10.1. The van der Waals surface area contributed by atoms with Crippen molar-refractivity contribution in [2.24, 2.45) is 0 Å². The highest BCUT2D eigenvalue weighted by atomic mass is 35.5. The van der Waals surface area contributed by atoms with Crippen LogP contribution in [0.1, 0.15) is 11.1 Å². The number of rotatable bonds is 3. The van der Waals surface area contributed by atoms with Gasteiger partial charge >= 0.3 is 6.09 Å². The SMILES string of the molecule is COC(=O)NCc1cc(Cl)c(C)cc1OC. The number of benzene rings is 1. The van der Waals surface area contributed by atoms with E-state index in [9.17, 15) is 4.79 Å². The Hall–Kier alpha value is -1.42. The third kappa shape index (κ3) is 3.03. The predicted molar refractivity (Wildman–Crippen MR) is 62.0 cm³/mol. The van der Waals surface area contributed by atoms with E-state index in [-0.39, 0.29) is 0 Å². The fourth-order valence-electron chi connectivity index (χ4n) is 1.26. The summed E-state index contributed by atoms with van der Waals surface area (Å²) in [4.78, 5) is 10.9. The Morgan fingerprint density at radius 2 is 2.12 bits per heavy atom. The molecule has 0 saturated heterocycles. The first kappa shape index (κ1) is 12.6. The molecule has 4 nitrogen and oxygen atoms in total. The largest absolute Gasteiger partial charge is 0.496 e. The van der Waals surface area contributed by atoms with Gasteiger partial charge in [0.1, 0.15) is 5.75 Å². The zero-order chi connectivity index (χ0) is 12.1. The number of carbonyl (C=O) groups excluding carboxylic acids is 1. The molecule has 1 aromatic rings. The van der Waals surface area contributed by atoms with E-state index in [1.807, 2.05) is 13.0 Å². The van der Waals surface area contributed by atoms with Crippen molar-refractivity contribution in [3.63, 3.8) is 0 Å². The maximum Gasteiger partial charge on any atom is 0.407 e. The van der Waals surface area contributed by atoms with Gasteiger partial charge in [0, 0.05) is 17.1 Å². The van der Waals surface area contributed by atoms with Crippen molar-refractivity contribution in [3.05, 3.63) is 28.3 Å². The van der Waals surface area contributed by atoms with Crippen LogP contribution in [0.2, 0.25) is 5.02 Å². The van der Waals surface area contributed by atoms with Gasteiger partial charge in [-0.1, -0.05) is 11.6 Å². The molecule has 0 aliphatic rings. The average molecular weight is 244 g/mol. The molecule has 88 valence electrons. The van der Waals surface area contributed by atoms with Crippen molar-refractivity contribution >= 4 is 17.7 Å². The van der Waals surface area contributed by atoms with Gasteiger partial charge in [-0.3, -0.25) is 0 Å². The lowest BCUT2D eigenvalue weighted by Crippen LogP contribution is -2.22. The summed E-state index contributed by atoms with van der Waals surface area (Å²) in [7, 11) is 2.89. The molecular weight excluding hydrogens is 230 g/mol. The number of alkyl carbamates (subject to hydrolysis) is 1. The molecule has 1 rings (SSSR count). The highest BCUT2D eigenvalue weighted by Crippen LogP contribution is 2.26. The van der Waals surface area contributed by atoms with Gasteiger partial charge in [-0.25, -0.2) is 4.79 Å². The average Bonchev–Trinajstić information content (AvgIpc) is 2.29. The van der Waals surface area contributed by atoms with Crippen LogP contribution in [0.25, 0.3) is 0 Å². The summed E-state index contributed by atoms with van der Waals surface area (Å²) >= 11 is 5.99. The van der Waals surface area contributed by atoms with Crippen molar-refractivity contribution in [1.82, 2.24) is 5.32 Å². The molecule has 0 unspecified atom stereocenters. The summed E-state index contributed by atoms with van der Waals surface area (Å²) in [6.07, 6.45) is -0.487. The molecule has 1 N–H and O–H groups in total. The van der Waals surface area contributed by atoms with Gasteiger partial charge in [-0.15, -0.1) is 0 Å². The van der Waals surface area contributed by atoms with E-state index in [1.54, 1.807) is 13.2 Å². The van der Waals surface area contributed by atoms with Gasteiger partial charge < -0.3 is 14.8 Å². The Kier molecular flexibility index (Phi) is 4.43.